The molecule has 1 aliphatic heterocycles. The summed E-state index contributed by atoms with van der Waals surface area (Å²) < 4.78 is 10.9. The predicted molar refractivity (Wildman–Crippen MR) is 141 cm³/mol. The number of carbonyl (C=O) groups is 2. The largest absolute Gasteiger partial charge is 0.507 e. The number of anilines is 1. The second kappa shape index (κ2) is 9.53. The molecular weight excluding hydrogens is 454 g/mol. The Hall–Kier alpha value is -4.06. The summed E-state index contributed by atoms with van der Waals surface area (Å²) >= 11 is 0. The number of Topliss-reactive ketones (excluding diaryl/α,β-unsaturated/α-hetero) is 1. The van der Waals surface area contributed by atoms with E-state index in [0.29, 0.717) is 28.3 Å². The molecule has 4 rings (SSSR count). The van der Waals surface area contributed by atoms with Crippen LogP contribution in [0.2, 0.25) is 0 Å². The zero-order valence-corrected chi connectivity index (χ0v) is 21.5. The number of benzene rings is 3. The molecule has 1 aliphatic rings. The number of rotatable bonds is 5. The van der Waals surface area contributed by atoms with Crippen molar-refractivity contribution in [2.75, 3.05) is 19.1 Å². The Balaban J connectivity index is 2.00. The monoisotopic (exact) mass is 485 g/mol. The van der Waals surface area contributed by atoms with Crippen LogP contribution in [0.5, 0.6) is 11.5 Å². The molecule has 0 spiro atoms. The third kappa shape index (κ3) is 4.47. The molecule has 0 aromatic heterocycles. The van der Waals surface area contributed by atoms with Crippen molar-refractivity contribution in [2.45, 2.75) is 39.2 Å². The molecule has 1 atom stereocenters. The van der Waals surface area contributed by atoms with Crippen molar-refractivity contribution in [1.29, 1.82) is 0 Å². The molecule has 1 amide bonds. The van der Waals surface area contributed by atoms with Crippen molar-refractivity contribution in [3.8, 4) is 11.5 Å². The first-order valence-corrected chi connectivity index (χ1v) is 11.8. The molecule has 0 bridgehead atoms. The maximum Gasteiger partial charge on any atom is 0.300 e. The van der Waals surface area contributed by atoms with Gasteiger partial charge in [-0.2, -0.15) is 0 Å². The van der Waals surface area contributed by atoms with Gasteiger partial charge in [-0.15, -0.1) is 0 Å². The number of nitrogens with zero attached hydrogens (tertiary/aromatic N) is 1. The summed E-state index contributed by atoms with van der Waals surface area (Å²) in [5, 5.41) is 11.6. The molecule has 1 saturated heterocycles. The number of ketones is 1. The van der Waals surface area contributed by atoms with Crippen LogP contribution in [0, 0.1) is 6.92 Å². The van der Waals surface area contributed by atoms with E-state index >= 15 is 0 Å². The summed E-state index contributed by atoms with van der Waals surface area (Å²) in [7, 11) is 3.06. The summed E-state index contributed by atoms with van der Waals surface area (Å²) in [4.78, 5) is 28.4. The van der Waals surface area contributed by atoms with Gasteiger partial charge in [0, 0.05) is 5.69 Å². The lowest BCUT2D eigenvalue weighted by Crippen LogP contribution is -2.29. The van der Waals surface area contributed by atoms with Crippen molar-refractivity contribution in [2.24, 2.45) is 0 Å². The van der Waals surface area contributed by atoms with Gasteiger partial charge in [-0.05, 0) is 59.9 Å². The molecule has 1 N–H and O–H groups in total. The van der Waals surface area contributed by atoms with E-state index in [-0.39, 0.29) is 16.7 Å². The average molecular weight is 486 g/mol. The lowest BCUT2D eigenvalue weighted by molar-refractivity contribution is -0.132. The van der Waals surface area contributed by atoms with Crippen LogP contribution in [-0.2, 0) is 15.0 Å². The van der Waals surface area contributed by atoms with Crippen LogP contribution in [0.25, 0.3) is 5.76 Å². The summed E-state index contributed by atoms with van der Waals surface area (Å²) in [5.41, 5.74) is 3.33. The van der Waals surface area contributed by atoms with Gasteiger partial charge in [0.2, 0.25) is 0 Å². The SMILES string of the molecule is COc1cccc(C2/C(=C(\O)c3cc(C(C)(C)C)ccc3OC)C(=O)C(=O)N2c2ccc(C)cc2)c1. The Morgan fingerprint density at radius 1 is 0.917 bits per heavy atom. The van der Waals surface area contributed by atoms with Crippen molar-refractivity contribution in [3.05, 3.63) is 94.6 Å². The molecule has 1 heterocycles. The molecule has 3 aromatic rings. The highest BCUT2D eigenvalue weighted by atomic mass is 16.5. The quantitative estimate of drug-likeness (QED) is 0.275. The minimum absolute atomic E-state index is 0.00168. The minimum Gasteiger partial charge on any atom is -0.507 e. The summed E-state index contributed by atoms with van der Waals surface area (Å²) in [5.74, 6) is -0.761. The second-order valence-electron chi connectivity index (χ2n) is 9.95. The normalized spacial score (nSPS) is 17.4. The van der Waals surface area contributed by atoms with Gasteiger partial charge in [-0.25, -0.2) is 0 Å². The Morgan fingerprint density at radius 3 is 2.22 bits per heavy atom. The van der Waals surface area contributed by atoms with Crippen LogP contribution in [0.4, 0.5) is 5.69 Å². The maximum absolute atomic E-state index is 13.5. The number of aryl methyl sites for hydroxylation is 1. The minimum atomic E-state index is -0.856. The van der Waals surface area contributed by atoms with E-state index in [9.17, 15) is 14.7 Å². The lowest BCUT2D eigenvalue weighted by Gasteiger charge is -2.26. The number of aliphatic hydroxyl groups excluding tert-OH is 1. The van der Waals surface area contributed by atoms with Gasteiger partial charge < -0.3 is 14.6 Å². The van der Waals surface area contributed by atoms with Crippen LogP contribution in [0.15, 0.2) is 72.3 Å². The number of methoxy groups -OCH3 is 2. The van der Waals surface area contributed by atoms with E-state index in [1.165, 1.54) is 12.0 Å². The predicted octanol–water partition coefficient (Wildman–Crippen LogP) is 5.94. The first-order chi connectivity index (χ1) is 17.1. The lowest BCUT2D eigenvalue weighted by atomic mass is 9.85. The highest BCUT2D eigenvalue weighted by Crippen LogP contribution is 2.44. The Labute approximate surface area is 211 Å². The third-order valence-electron chi connectivity index (χ3n) is 6.49. The molecule has 3 aromatic carbocycles. The number of aliphatic hydroxyl groups is 1. The molecular formula is C30H31NO5. The fourth-order valence-electron chi connectivity index (χ4n) is 4.44. The summed E-state index contributed by atoms with van der Waals surface area (Å²) in [6.07, 6.45) is 0. The molecule has 186 valence electrons. The smallest absolute Gasteiger partial charge is 0.300 e. The maximum atomic E-state index is 13.5. The zero-order chi connectivity index (χ0) is 26.2. The second-order valence-corrected chi connectivity index (χ2v) is 9.95. The summed E-state index contributed by atoms with van der Waals surface area (Å²) in [6.45, 7) is 8.13. The van der Waals surface area contributed by atoms with Gasteiger partial charge in [0.25, 0.3) is 11.7 Å². The molecule has 0 aliphatic carbocycles. The van der Waals surface area contributed by atoms with E-state index in [2.05, 4.69) is 20.8 Å². The van der Waals surface area contributed by atoms with Crippen molar-refractivity contribution < 1.29 is 24.2 Å². The van der Waals surface area contributed by atoms with Crippen LogP contribution in [-0.4, -0.2) is 31.0 Å². The fraction of sp³-hybridized carbons (Fsp3) is 0.267. The van der Waals surface area contributed by atoms with E-state index < -0.39 is 17.7 Å². The van der Waals surface area contributed by atoms with Gasteiger partial charge in [0.15, 0.2) is 0 Å². The summed E-state index contributed by atoms with van der Waals surface area (Å²) in [6, 6.07) is 19.2. The van der Waals surface area contributed by atoms with Gasteiger partial charge in [0.05, 0.1) is 31.4 Å². The van der Waals surface area contributed by atoms with Crippen LogP contribution in [0.1, 0.15) is 49.1 Å². The molecule has 0 radical (unpaired) electrons. The first kappa shape index (κ1) is 25.0. The van der Waals surface area contributed by atoms with E-state index in [0.717, 1.165) is 11.1 Å². The topological polar surface area (TPSA) is 76.1 Å². The Morgan fingerprint density at radius 2 is 1.61 bits per heavy atom. The van der Waals surface area contributed by atoms with E-state index in [1.807, 2.05) is 37.3 Å². The van der Waals surface area contributed by atoms with Crippen molar-refractivity contribution >= 4 is 23.1 Å². The van der Waals surface area contributed by atoms with Gasteiger partial charge in [-0.1, -0.05) is 56.7 Å². The standard InChI is InChI=1S/C30H31NO5/c1-18-10-13-21(14-11-18)31-26(19-8-7-9-22(16-19)35-5)25(28(33)29(31)34)27(32)23-17-20(30(2,3)4)12-15-24(23)36-6/h7-17,26,32H,1-6H3/b27-25+. The highest BCUT2D eigenvalue weighted by molar-refractivity contribution is 6.51. The van der Waals surface area contributed by atoms with E-state index in [1.54, 1.807) is 43.5 Å². The average Bonchev–Trinajstić information content (AvgIpc) is 3.13. The third-order valence-corrected chi connectivity index (χ3v) is 6.49. The number of ether oxygens (including phenoxy) is 2. The molecule has 0 saturated carbocycles. The van der Waals surface area contributed by atoms with E-state index in [4.69, 9.17) is 9.47 Å². The van der Waals surface area contributed by atoms with Crippen LogP contribution < -0.4 is 14.4 Å². The Bertz CT molecular complexity index is 1350. The van der Waals surface area contributed by atoms with Gasteiger partial charge in [0.1, 0.15) is 17.3 Å². The molecule has 1 fully saturated rings. The Kier molecular flexibility index (Phi) is 6.63. The molecule has 6 nitrogen and oxygen atoms in total. The number of hydrogen-bond acceptors (Lipinski definition) is 5. The molecule has 6 heteroatoms. The number of carbonyl (C=O) groups excluding carboxylic acids is 2. The van der Waals surface area contributed by atoms with Crippen molar-refractivity contribution in [3.63, 3.8) is 0 Å². The fourth-order valence-corrected chi connectivity index (χ4v) is 4.44. The number of hydrogen-bond donors (Lipinski definition) is 1. The molecule has 36 heavy (non-hydrogen) atoms. The van der Waals surface area contributed by atoms with Crippen molar-refractivity contribution in [1.82, 2.24) is 0 Å². The van der Waals surface area contributed by atoms with Gasteiger partial charge >= 0.3 is 0 Å². The van der Waals surface area contributed by atoms with Crippen LogP contribution in [0.3, 0.4) is 0 Å². The highest BCUT2D eigenvalue weighted by Gasteiger charge is 2.47. The zero-order valence-electron chi connectivity index (χ0n) is 21.5. The number of amides is 1. The van der Waals surface area contributed by atoms with Crippen LogP contribution >= 0.6 is 0 Å². The van der Waals surface area contributed by atoms with Gasteiger partial charge in [-0.3, -0.25) is 14.5 Å². The first-order valence-electron chi connectivity index (χ1n) is 11.8. The molecule has 1 unspecified atom stereocenters.